The smallest absolute Gasteiger partial charge is 0.272 e. The number of fused-ring (bicyclic) bond motifs is 1. The van der Waals surface area contributed by atoms with Crippen molar-refractivity contribution in [1.82, 2.24) is 4.90 Å². The fourth-order valence-electron chi connectivity index (χ4n) is 3.25. The summed E-state index contributed by atoms with van der Waals surface area (Å²) in [6.07, 6.45) is 1.09. The van der Waals surface area contributed by atoms with Gasteiger partial charge in [0, 0.05) is 19.5 Å². The Morgan fingerprint density at radius 1 is 1.17 bits per heavy atom. The number of oxime groups is 1. The van der Waals surface area contributed by atoms with Gasteiger partial charge in [-0.05, 0) is 35.2 Å². The Hall–Kier alpha value is -2.82. The van der Waals surface area contributed by atoms with E-state index in [4.69, 9.17) is 4.84 Å². The molecule has 0 bridgehead atoms. The van der Waals surface area contributed by atoms with Crippen molar-refractivity contribution in [2.75, 3.05) is 6.54 Å². The van der Waals surface area contributed by atoms with Gasteiger partial charge in [-0.2, -0.15) is 0 Å². The van der Waals surface area contributed by atoms with Crippen molar-refractivity contribution in [3.63, 3.8) is 0 Å². The molecule has 0 spiro atoms. The first kappa shape index (κ1) is 14.8. The van der Waals surface area contributed by atoms with Crippen LogP contribution in [0.15, 0.2) is 53.7 Å². The molecule has 2 aromatic rings. The molecule has 0 aliphatic carbocycles. The highest BCUT2D eigenvalue weighted by molar-refractivity contribution is 6.39. The molecular weight excluding hydrogens is 304 g/mol. The Morgan fingerprint density at radius 3 is 2.83 bits per heavy atom. The third-order valence-corrected chi connectivity index (χ3v) is 4.58. The normalized spacial score (nSPS) is 19.4. The highest BCUT2D eigenvalue weighted by atomic mass is 16.6. The number of carbonyl (C=O) groups is 1. The van der Waals surface area contributed by atoms with Crippen molar-refractivity contribution in [2.24, 2.45) is 5.16 Å². The highest BCUT2D eigenvalue weighted by Gasteiger charge is 2.31. The largest absolute Gasteiger partial charge is 0.508 e. The van der Waals surface area contributed by atoms with Gasteiger partial charge in [-0.1, -0.05) is 41.6 Å². The number of nitrogens with zero attached hydrogens (tertiary/aromatic N) is 2. The molecule has 5 nitrogen and oxygen atoms in total. The average molecular weight is 322 g/mol. The predicted molar refractivity (Wildman–Crippen MR) is 89.5 cm³/mol. The summed E-state index contributed by atoms with van der Waals surface area (Å²) in [5.41, 5.74) is 3.67. The van der Waals surface area contributed by atoms with Gasteiger partial charge in [-0.15, -0.1) is 0 Å². The number of amides is 1. The van der Waals surface area contributed by atoms with E-state index in [0.717, 1.165) is 17.5 Å². The number of hydrogen-bond donors (Lipinski definition) is 1. The van der Waals surface area contributed by atoms with Gasteiger partial charge < -0.3 is 14.8 Å². The lowest BCUT2D eigenvalue weighted by Crippen LogP contribution is -2.39. The number of benzene rings is 2. The molecule has 1 unspecified atom stereocenters. The maximum atomic E-state index is 12.7. The van der Waals surface area contributed by atoms with Gasteiger partial charge in [0.25, 0.3) is 5.91 Å². The minimum absolute atomic E-state index is 0.0811. The molecule has 2 aromatic carbocycles. The first-order chi connectivity index (χ1) is 11.7. The van der Waals surface area contributed by atoms with E-state index >= 15 is 0 Å². The van der Waals surface area contributed by atoms with Crippen LogP contribution in [0.5, 0.6) is 5.75 Å². The quantitative estimate of drug-likeness (QED) is 0.925. The maximum Gasteiger partial charge on any atom is 0.272 e. The van der Waals surface area contributed by atoms with Crippen molar-refractivity contribution in [2.45, 2.75) is 25.5 Å². The first-order valence-corrected chi connectivity index (χ1v) is 8.08. The lowest BCUT2D eigenvalue weighted by Gasteiger charge is -2.28. The van der Waals surface area contributed by atoms with Crippen LogP contribution in [0.25, 0.3) is 0 Å². The molecule has 0 saturated heterocycles. The SMILES string of the molecule is O=C(C1=NOC(c2ccccc2)C1)N1CCc2ccc(O)cc2C1. The average Bonchev–Trinajstić information content (AvgIpc) is 3.11. The van der Waals surface area contributed by atoms with E-state index in [9.17, 15) is 9.90 Å². The maximum absolute atomic E-state index is 12.7. The van der Waals surface area contributed by atoms with E-state index in [2.05, 4.69) is 5.16 Å². The van der Waals surface area contributed by atoms with Crippen LogP contribution < -0.4 is 0 Å². The van der Waals surface area contributed by atoms with E-state index in [1.165, 1.54) is 5.56 Å². The van der Waals surface area contributed by atoms with E-state index in [1.54, 1.807) is 17.0 Å². The molecule has 0 aromatic heterocycles. The second-order valence-electron chi connectivity index (χ2n) is 6.18. The fraction of sp³-hybridized carbons (Fsp3) is 0.263. The van der Waals surface area contributed by atoms with Crippen LogP contribution in [0, 0.1) is 0 Å². The molecular formula is C19H18N2O3. The van der Waals surface area contributed by atoms with Gasteiger partial charge in [-0.3, -0.25) is 4.79 Å². The number of carbonyl (C=O) groups excluding carboxylic acids is 1. The Labute approximate surface area is 140 Å². The third kappa shape index (κ3) is 2.73. The van der Waals surface area contributed by atoms with Crippen molar-refractivity contribution >= 4 is 11.6 Å². The molecule has 1 atom stereocenters. The van der Waals surface area contributed by atoms with E-state index in [1.807, 2.05) is 36.4 Å². The van der Waals surface area contributed by atoms with E-state index in [0.29, 0.717) is 25.2 Å². The molecule has 1 amide bonds. The number of phenols is 1. The standard InChI is InChI=1S/C19H18N2O3/c22-16-7-6-13-8-9-21(12-15(13)10-16)19(23)17-11-18(24-20-17)14-4-2-1-3-5-14/h1-7,10,18,22H,8-9,11-12H2. The van der Waals surface area contributed by atoms with Crippen LogP contribution in [0.1, 0.15) is 29.2 Å². The molecule has 0 fully saturated rings. The highest BCUT2D eigenvalue weighted by Crippen LogP contribution is 2.29. The second kappa shape index (κ2) is 6.00. The van der Waals surface area contributed by atoms with Crippen molar-refractivity contribution in [3.8, 4) is 5.75 Å². The fourth-order valence-corrected chi connectivity index (χ4v) is 3.25. The lowest BCUT2D eigenvalue weighted by molar-refractivity contribution is -0.125. The van der Waals surface area contributed by atoms with Crippen molar-refractivity contribution < 1.29 is 14.7 Å². The van der Waals surface area contributed by atoms with Gasteiger partial charge in [0.15, 0.2) is 6.10 Å². The van der Waals surface area contributed by atoms with Gasteiger partial charge in [0.05, 0.1) is 0 Å². The Kier molecular flexibility index (Phi) is 3.69. The molecule has 2 aliphatic heterocycles. The Balaban J connectivity index is 1.46. The van der Waals surface area contributed by atoms with Gasteiger partial charge in [-0.25, -0.2) is 0 Å². The summed E-state index contributed by atoms with van der Waals surface area (Å²) in [6, 6.07) is 15.2. The number of hydrogen-bond acceptors (Lipinski definition) is 4. The summed E-state index contributed by atoms with van der Waals surface area (Å²) in [5.74, 6) is 0.149. The summed E-state index contributed by atoms with van der Waals surface area (Å²) in [4.78, 5) is 20.0. The van der Waals surface area contributed by atoms with E-state index in [-0.39, 0.29) is 17.8 Å². The monoisotopic (exact) mass is 322 g/mol. The van der Waals surface area contributed by atoms with Crippen LogP contribution in [0.2, 0.25) is 0 Å². The van der Waals surface area contributed by atoms with Crippen molar-refractivity contribution in [1.29, 1.82) is 0 Å². The minimum atomic E-state index is -0.189. The van der Waals surface area contributed by atoms with Gasteiger partial charge in [0.2, 0.25) is 0 Å². The molecule has 2 heterocycles. The molecule has 0 radical (unpaired) electrons. The van der Waals surface area contributed by atoms with Crippen molar-refractivity contribution in [3.05, 3.63) is 65.2 Å². The molecule has 2 aliphatic rings. The zero-order chi connectivity index (χ0) is 16.5. The zero-order valence-electron chi connectivity index (χ0n) is 13.2. The minimum Gasteiger partial charge on any atom is -0.508 e. The summed E-state index contributed by atoms with van der Waals surface area (Å²) in [6.45, 7) is 1.16. The zero-order valence-corrected chi connectivity index (χ0v) is 13.2. The second-order valence-corrected chi connectivity index (χ2v) is 6.18. The van der Waals surface area contributed by atoms with Crippen LogP contribution in [0.3, 0.4) is 0 Å². The summed E-state index contributed by atoms with van der Waals surface area (Å²) in [5, 5.41) is 13.7. The summed E-state index contributed by atoms with van der Waals surface area (Å²) in [7, 11) is 0. The molecule has 24 heavy (non-hydrogen) atoms. The Bertz CT molecular complexity index is 802. The molecule has 122 valence electrons. The summed E-state index contributed by atoms with van der Waals surface area (Å²) < 4.78 is 0. The predicted octanol–water partition coefficient (Wildman–Crippen LogP) is 2.79. The third-order valence-electron chi connectivity index (χ3n) is 4.58. The number of aromatic hydroxyl groups is 1. The molecule has 5 heteroatoms. The topological polar surface area (TPSA) is 62.1 Å². The van der Waals surface area contributed by atoms with Gasteiger partial charge >= 0.3 is 0 Å². The lowest BCUT2D eigenvalue weighted by atomic mass is 9.98. The van der Waals surface area contributed by atoms with Crippen LogP contribution >= 0.6 is 0 Å². The van der Waals surface area contributed by atoms with Gasteiger partial charge in [0.1, 0.15) is 11.5 Å². The van der Waals surface area contributed by atoms with Crippen LogP contribution in [0.4, 0.5) is 0 Å². The molecule has 4 rings (SSSR count). The molecule has 0 saturated carbocycles. The molecule has 1 N–H and O–H groups in total. The number of rotatable bonds is 2. The first-order valence-electron chi connectivity index (χ1n) is 8.08. The van der Waals surface area contributed by atoms with E-state index < -0.39 is 0 Å². The Morgan fingerprint density at radius 2 is 2.00 bits per heavy atom. The summed E-state index contributed by atoms with van der Waals surface area (Å²) >= 11 is 0. The van der Waals surface area contributed by atoms with Crippen LogP contribution in [-0.2, 0) is 22.6 Å². The number of phenolic OH excluding ortho intramolecular Hbond substituents is 1. The van der Waals surface area contributed by atoms with Crippen LogP contribution in [-0.4, -0.2) is 28.2 Å².